The van der Waals surface area contributed by atoms with Crippen molar-refractivity contribution in [1.29, 1.82) is 0 Å². The topological polar surface area (TPSA) is 62.3 Å². The van der Waals surface area contributed by atoms with E-state index in [4.69, 9.17) is 21.4 Å². The van der Waals surface area contributed by atoms with Crippen LogP contribution in [0.25, 0.3) is 0 Å². The van der Waals surface area contributed by atoms with Gasteiger partial charge in [-0.05, 0) is 6.07 Å². The number of rotatable bonds is 4. The lowest BCUT2D eigenvalue weighted by molar-refractivity contribution is 0.274. The molecule has 2 aromatic rings. The molecule has 5 heteroatoms. The monoisotopic (exact) mass is 265 g/mol. The highest BCUT2D eigenvalue weighted by Gasteiger charge is 2.04. The van der Waals surface area contributed by atoms with Crippen LogP contribution in [0.2, 0.25) is 5.02 Å². The summed E-state index contributed by atoms with van der Waals surface area (Å²) in [6.07, 6.45) is 1.44. The van der Waals surface area contributed by atoms with Crippen molar-refractivity contribution < 1.29 is 9.84 Å². The van der Waals surface area contributed by atoms with Crippen LogP contribution in [-0.2, 0) is 13.2 Å². The van der Waals surface area contributed by atoms with Crippen molar-refractivity contribution in [2.24, 2.45) is 0 Å². The molecule has 4 nitrogen and oxygen atoms in total. The number of aromatic amines is 1. The van der Waals surface area contributed by atoms with E-state index in [1.807, 2.05) is 18.2 Å². The molecular weight excluding hydrogens is 254 g/mol. The number of nitrogens with one attached hydrogen (secondary N) is 1. The lowest BCUT2D eigenvalue weighted by atomic mass is 10.2. The molecule has 0 saturated heterocycles. The normalized spacial score (nSPS) is 10.3. The molecule has 18 heavy (non-hydrogen) atoms. The molecule has 0 aliphatic heterocycles. The van der Waals surface area contributed by atoms with Crippen LogP contribution >= 0.6 is 11.6 Å². The first kappa shape index (κ1) is 12.7. The maximum atomic E-state index is 11.6. The van der Waals surface area contributed by atoms with E-state index in [9.17, 15) is 4.79 Å². The lowest BCUT2D eigenvalue weighted by Crippen LogP contribution is -2.09. The minimum atomic E-state index is -0.273. The molecule has 0 aliphatic carbocycles. The van der Waals surface area contributed by atoms with Gasteiger partial charge in [0.05, 0.1) is 6.61 Å². The molecule has 0 unspecified atom stereocenters. The molecule has 0 spiro atoms. The highest BCUT2D eigenvalue weighted by Crippen LogP contribution is 2.16. The molecule has 0 aliphatic rings. The fourth-order valence-electron chi connectivity index (χ4n) is 1.48. The van der Waals surface area contributed by atoms with E-state index in [-0.39, 0.29) is 24.4 Å². The number of ether oxygens (including phenoxy) is 1. The summed E-state index contributed by atoms with van der Waals surface area (Å²) in [5.74, 6) is 0.201. The van der Waals surface area contributed by atoms with Crippen molar-refractivity contribution in [3.8, 4) is 5.75 Å². The van der Waals surface area contributed by atoms with Gasteiger partial charge in [-0.25, -0.2) is 0 Å². The Hall–Kier alpha value is -1.78. The molecule has 0 atom stereocenters. The zero-order valence-electron chi connectivity index (χ0n) is 9.52. The summed E-state index contributed by atoms with van der Waals surface area (Å²) in [7, 11) is 0. The van der Waals surface area contributed by atoms with Crippen LogP contribution in [-0.4, -0.2) is 10.1 Å². The van der Waals surface area contributed by atoms with Gasteiger partial charge in [-0.1, -0.05) is 29.8 Å². The van der Waals surface area contributed by atoms with Crippen molar-refractivity contribution in [2.75, 3.05) is 0 Å². The minimum absolute atomic E-state index is 0.201. The predicted molar refractivity (Wildman–Crippen MR) is 68.8 cm³/mol. The summed E-state index contributed by atoms with van der Waals surface area (Å²) < 4.78 is 5.39. The molecule has 1 heterocycles. The van der Waals surface area contributed by atoms with Gasteiger partial charge in [0, 0.05) is 28.5 Å². The van der Waals surface area contributed by atoms with E-state index < -0.39 is 0 Å². The number of hydrogen-bond donors (Lipinski definition) is 2. The minimum Gasteiger partial charge on any atom is -0.483 e. The van der Waals surface area contributed by atoms with E-state index >= 15 is 0 Å². The first-order valence-corrected chi connectivity index (χ1v) is 5.77. The van der Waals surface area contributed by atoms with E-state index in [2.05, 4.69) is 4.98 Å². The highest BCUT2D eigenvalue weighted by atomic mass is 35.5. The van der Waals surface area contributed by atoms with E-state index in [0.717, 1.165) is 5.56 Å². The quantitative estimate of drug-likeness (QED) is 0.890. The molecule has 2 N–H and O–H groups in total. The Bertz CT molecular complexity index is 595. The average molecular weight is 266 g/mol. The van der Waals surface area contributed by atoms with E-state index in [1.165, 1.54) is 12.3 Å². The molecule has 0 radical (unpaired) electrons. The third-order valence-corrected chi connectivity index (χ3v) is 2.82. The van der Waals surface area contributed by atoms with E-state index in [1.54, 1.807) is 6.07 Å². The van der Waals surface area contributed by atoms with Gasteiger partial charge < -0.3 is 14.8 Å². The maximum Gasteiger partial charge on any atom is 0.223 e. The van der Waals surface area contributed by atoms with Gasteiger partial charge in [0.15, 0.2) is 5.75 Å². The van der Waals surface area contributed by atoms with Gasteiger partial charge in [-0.2, -0.15) is 0 Å². The zero-order chi connectivity index (χ0) is 13.0. The number of halogens is 1. The van der Waals surface area contributed by atoms with Crippen molar-refractivity contribution >= 4 is 11.6 Å². The van der Waals surface area contributed by atoms with Gasteiger partial charge >= 0.3 is 0 Å². The van der Waals surface area contributed by atoms with Crippen LogP contribution in [0.4, 0.5) is 0 Å². The molecule has 0 saturated carbocycles. The van der Waals surface area contributed by atoms with Crippen molar-refractivity contribution in [3.63, 3.8) is 0 Å². The number of pyridine rings is 1. The Morgan fingerprint density at radius 3 is 2.78 bits per heavy atom. The number of hydrogen-bond acceptors (Lipinski definition) is 3. The van der Waals surface area contributed by atoms with E-state index in [0.29, 0.717) is 10.7 Å². The van der Waals surface area contributed by atoms with Gasteiger partial charge in [0.1, 0.15) is 6.61 Å². The fraction of sp³-hybridized carbons (Fsp3) is 0.154. The summed E-state index contributed by atoms with van der Waals surface area (Å²) in [5, 5.41) is 9.47. The Labute approximate surface area is 109 Å². The Morgan fingerprint density at radius 2 is 2.11 bits per heavy atom. The Kier molecular flexibility index (Phi) is 4.02. The second kappa shape index (κ2) is 5.71. The second-order valence-electron chi connectivity index (χ2n) is 3.72. The second-order valence-corrected chi connectivity index (χ2v) is 4.13. The van der Waals surface area contributed by atoms with Gasteiger partial charge in [0.25, 0.3) is 0 Å². The van der Waals surface area contributed by atoms with Crippen molar-refractivity contribution in [2.45, 2.75) is 13.2 Å². The van der Waals surface area contributed by atoms with Crippen LogP contribution in [0.1, 0.15) is 11.3 Å². The number of benzene rings is 1. The average Bonchev–Trinajstić information content (AvgIpc) is 2.39. The van der Waals surface area contributed by atoms with Crippen LogP contribution in [0.3, 0.4) is 0 Å². The number of aromatic nitrogens is 1. The van der Waals surface area contributed by atoms with Gasteiger partial charge in [-0.3, -0.25) is 4.79 Å². The van der Waals surface area contributed by atoms with Crippen LogP contribution in [0.15, 0.2) is 41.3 Å². The first-order chi connectivity index (χ1) is 8.70. The van der Waals surface area contributed by atoms with Crippen molar-refractivity contribution in [3.05, 3.63) is 63.0 Å². The predicted octanol–water partition coefficient (Wildman–Crippen LogP) is 2.10. The Balaban J connectivity index is 2.11. The lowest BCUT2D eigenvalue weighted by Gasteiger charge is -2.07. The fourth-order valence-corrected chi connectivity index (χ4v) is 1.67. The summed E-state index contributed by atoms with van der Waals surface area (Å²) >= 11 is 5.98. The first-order valence-electron chi connectivity index (χ1n) is 5.39. The third kappa shape index (κ3) is 2.91. The van der Waals surface area contributed by atoms with Crippen LogP contribution in [0, 0.1) is 0 Å². The molecule has 2 rings (SSSR count). The van der Waals surface area contributed by atoms with Gasteiger partial charge in [0.2, 0.25) is 5.43 Å². The number of aliphatic hydroxyl groups excluding tert-OH is 1. The zero-order valence-corrected chi connectivity index (χ0v) is 10.3. The standard InChI is InChI=1S/C13H12ClNO3/c14-11-4-2-1-3-9(11)8-18-13-6-15-10(7-16)5-12(13)17/h1-6,16H,7-8H2,(H,15,17). The summed E-state index contributed by atoms with van der Waals surface area (Å²) in [4.78, 5) is 14.4. The highest BCUT2D eigenvalue weighted by molar-refractivity contribution is 6.31. The maximum absolute atomic E-state index is 11.6. The molecule has 1 aromatic carbocycles. The smallest absolute Gasteiger partial charge is 0.223 e. The Morgan fingerprint density at radius 1 is 1.33 bits per heavy atom. The molecule has 94 valence electrons. The summed E-state index contributed by atoms with van der Waals surface area (Å²) in [5.41, 5.74) is 0.986. The van der Waals surface area contributed by atoms with Gasteiger partial charge in [-0.15, -0.1) is 0 Å². The molecule has 0 bridgehead atoms. The molecule has 0 fully saturated rings. The SMILES string of the molecule is O=c1cc(CO)[nH]cc1OCc1ccccc1Cl. The summed E-state index contributed by atoms with van der Waals surface area (Å²) in [6.45, 7) is 0.0151. The number of H-pyrrole nitrogens is 1. The largest absolute Gasteiger partial charge is 0.483 e. The van der Waals surface area contributed by atoms with Crippen LogP contribution < -0.4 is 10.2 Å². The molecule has 0 amide bonds. The molecule has 1 aromatic heterocycles. The molecular formula is C13H12ClNO3. The van der Waals surface area contributed by atoms with Crippen molar-refractivity contribution in [1.82, 2.24) is 4.98 Å². The number of aliphatic hydroxyl groups is 1. The third-order valence-electron chi connectivity index (χ3n) is 2.45. The summed E-state index contributed by atoms with van der Waals surface area (Å²) in [6, 6.07) is 8.58. The van der Waals surface area contributed by atoms with Crippen LogP contribution in [0.5, 0.6) is 5.75 Å².